The summed E-state index contributed by atoms with van der Waals surface area (Å²) in [6, 6.07) is 1.35. The molecule has 1 aliphatic rings. The smallest absolute Gasteiger partial charge is 0.328 e. The number of hydrogen-bond acceptors (Lipinski definition) is 3. The number of nitrogens with zero attached hydrogens (tertiary/aromatic N) is 1. The number of aromatic amines is 1. The average molecular weight is 210 g/mol. The Balaban J connectivity index is 2.09. The molecule has 0 aliphatic carbocycles. The Kier molecular flexibility index (Phi) is 3.01. The van der Waals surface area contributed by atoms with Crippen molar-refractivity contribution in [3.63, 3.8) is 0 Å². The highest BCUT2D eigenvalue weighted by molar-refractivity contribution is 4.83. The molecule has 2 heterocycles. The standard InChI is InChI=1S/C10H14N2O3/c13-9-4-5-12(10(14)11-9)7-8-3-1-2-6-15-8/h4-5,8H,1-3,6-7H2,(H,11,13,14). The molecule has 1 saturated heterocycles. The summed E-state index contributed by atoms with van der Waals surface area (Å²) in [6.45, 7) is 1.29. The lowest BCUT2D eigenvalue weighted by molar-refractivity contribution is 0.00519. The van der Waals surface area contributed by atoms with Gasteiger partial charge < -0.3 is 4.74 Å². The van der Waals surface area contributed by atoms with Gasteiger partial charge in [0.1, 0.15) is 0 Å². The maximum absolute atomic E-state index is 11.4. The summed E-state index contributed by atoms with van der Waals surface area (Å²) >= 11 is 0. The van der Waals surface area contributed by atoms with Gasteiger partial charge in [-0.1, -0.05) is 0 Å². The van der Waals surface area contributed by atoms with E-state index in [-0.39, 0.29) is 17.4 Å². The molecule has 1 unspecified atom stereocenters. The molecule has 5 nitrogen and oxygen atoms in total. The van der Waals surface area contributed by atoms with Crippen LogP contribution in [0.5, 0.6) is 0 Å². The zero-order valence-corrected chi connectivity index (χ0v) is 8.44. The van der Waals surface area contributed by atoms with E-state index in [0.29, 0.717) is 6.54 Å². The van der Waals surface area contributed by atoms with Gasteiger partial charge in [-0.2, -0.15) is 0 Å². The Morgan fingerprint density at radius 2 is 2.33 bits per heavy atom. The molecule has 0 amide bonds. The van der Waals surface area contributed by atoms with Crippen LogP contribution in [0.25, 0.3) is 0 Å². The molecule has 0 bridgehead atoms. The van der Waals surface area contributed by atoms with E-state index in [9.17, 15) is 9.59 Å². The fraction of sp³-hybridized carbons (Fsp3) is 0.600. The fourth-order valence-electron chi connectivity index (χ4n) is 1.76. The first-order valence-electron chi connectivity index (χ1n) is 5.17. The largest absolute Gasteiger partial charge is 0.376 e. The minimum absolute atomic E-state index is 0.0994. The number of ether oxygens (including phenoxy) is 1. The molecule has 1 aromatic heterocycles. The Bertz CT molecular complexity index is 429. The summed E-state index contributed by atoms with van der Waals surface area (Å²) in [5, 5.41) is 0. The van der Waals surface area contributed by atoms with Gasteiger partial charge in [0, 0.05) is 18.9 Å². The van der Waals surface area contributed by atoms with Crippen LogP contribution in [-0.4, -0.2) is 22.3 Å². The summed E-state index contributed by atoms with van der Waals surface area (Å²) in [6.07, 6.45) is 4.83. The van der Waals surface area contributed by atoms with Gasteiger partial charge >= 0.3 is 5.69 Å². The van der Waals surface area contributed by atoms with E-state index in [1.807, 2.05) is 0 Å². The van der Waals surface area contributed by atoms with E-state index < -0.39 is 0 Å². The molecule has 1 aliphatic heterocycles. The molecule has 82 valence electrons. The van der Waals surface area contributed by atoms with Gasteiger partial charge in [0.15, 0.2) is 0 Å². The van der Waals surface area contributed by atoms with Crippen molar-refractivity contribution in [2.45, 2.75) is 31.9 Å². The second kappa shape index (κ2) is 4.44. The molecule has 0 spiro atoms. The van der Waals surface area contributed by atoms with E-state index in [0.717, 1.165) is 25.9 Å². The van der Waals surface area contributed by atoms with Crippen LogP contribution in [0.15, 0.2) is 21.9 Å². The minimum Gasteiger partial charge on any atom is -0.376 e. The maximum Gasteiger partial charge on any atom is 0.328 e. The van der Waals surface area contributed by atoms with Crippen molar-refractivity contribution in [3.05, 3.63) is 33.1 Å². The van der Waals surface area contributed by atoms with E-state index in [1.54, 1.807) is 0 Å². The predicted molar refractivity (Wildman–Crippen MR) is 54.9 cm³/mol. The fourth-order valence-corrected chi connectivity index (χ4v) is 1.76. The maximum atomic E-state index is 11.4. The van der Waals surface area contributed by atoms with Gasteiger partial charge in [0.2, 0.25) is 0 Å². The van der Waals surface area contributed by atoms with Crippen molar-refractivity contribution in [2.24, 2.45) is 0 Å². The molecule has 0 radical (unpaired) electrons. The number of nitrogens with one attached hydrogen (secondary N) is 1. The molecule has 1 atom stereocenters. The van der Waals surface area contributed by atoms with Gasteiger partial charge in [0.05, 0.1) is 12.6 Å². The molecule has 0 saturated carbocycles. The van der Waals surface area contributed by atoms with Crippen molar-refractivity contribution < 1.29 is 4.74 Å². The topological polar surface area (TPSA) is 64.1 Å². The van der Waals surface area contributed by atoms with Crippen LogP contribution in [0.2, 0.25) is 0 Å². The monoisotopic (exact) mass is 210 g/mol. The van der Waals surface area contributed by atoms with Gasteiger partial charge in [-0.15, -0.1) is 0 Å². The molecule has 2 rings (SSSR count). The quantitative estimate of drug-likeness (QED) is 0.753. The number of H-pyrrole nitrogens is 1. The Hall–Kier alpha value is -1.36. The second-order valence-corrected chi connectivity index (χ2v) is 3.75. The minimum atomic E-state index is -0.364. The van der Waals surface area contributed by atoms with Gasteiger partial charge in [0.25, 0.3) is 5.56 Å². The molecule has 1 N–H and O–H groups in total. The first kappa shape index (κ1) is 10.2. The third kappa shape index (κ3) is 2.56. The van der Waals surface area contributed by atoms with Gasteiger partial charge in [-0.05, 0) is 19.3 Å². The predicted octanol–water partition coefficient (Wildman–Crippen LogP) is 0.106. The summed E-state index contributed by atoms with van der Waals surface area (Å²) < 4.78 is 7.00. The molecular formula is C10H14N2O3. The van der Waals surface area contributed by atoms with Crippen molar-refractivity contribution >= 4 is 0 Å². The number of hydrogen-bond donors (Lipinski definition) is 1. The summed E-state index contributed by atoms with van der Waals surface area (Å²) in [4.78, 5) is 24.4. The molecule has 1 fully saturated rings. The summed E-state index contributed by atoms with van der Waals surface area (Å²) in [5.41, 5.74) is -0.725. The van der Waals surface area contributed by atoms with Crippen molar-refractivity contribution in [1.82, 2.24) is 9.55 Å². The zero-order valence-electron chi connectivity index (χ0n) is 8.44. The third-order valence-corrected chi connectivity index (χ3v) is 2.57. The molecule has 1 aromatic rings. The summed E-state index contributed by atoms with van der Waals surface area (Å²) in [5.74, 6) is 0. The number of aromatic nitrogens is 2. The first-order chi connectivity index (χ1) is 7.25. The molecular weight excluding hydrogens is 196 g/mol. The van der Waals surface area contributed by atoms with Crippen molar-refractivity contribution in [3.8, 4) is 0 Å². The van der Waals surface area contributed by atoms with Crippen LogP contribution in [-0.2, 0) is 11.3 Å². The molecule has 5 heteroatoms. The molecule has 15 heavy (non-hydrogen) atoms. The van der Waals surface area contributed by atoms with Gasteiger partial charge in [-0.3, -0.25) is 14.3 Å². The summed E-state index contributed by atoms with van der Waals surface area (Å²) in [7, 11) is 0. The highest BCUT2D eigenvalue weighted by Gasteiger charge is 2.14. The molecule has 0 aromatic carbocycles. The lowest BCUT2D eigenvalue weighted by atomic mass is 10.1. The van der Waals surface area contributed by atoms with Crippen LogP contribution < -0.4 is 11.2 Å². The lowest BCUT2D eigenvalue weighted by Crippen LogP contribution is -2.34. The Morgan fingerprint density at radius 1 is 1.47 bits per heavy atom. The Labute approximate surface area is 86.7 Å². The van der Waals surface area contributed by atoms with E-state index in [2.05, 4.69) is 4.98 Å². The first-order valence-corrected chi connectivity index (χ1v) is 5.17. The van der Waals surface area contributed by atoms with Crippen molar-refractivity contribution in [2.75, 3.05) is 6.61 Å². The van der Waals surface area contributed by atoms with Crippen LogP contribution in [0.4, 0.5) is 0 Å². The van der Waals surface area contributed by atoms with Crippen LogP contribution in [0, 0.1) is 0 Å². The third-order valence-electron chi connectivity index (χ3n) is 2.57. The second-order valence-electron chi connectivity index (χ2n) is 3.75. The number of rotatable bonds is 2. The lowest BCUT2D eigenvalue weighted by Gasteiger charge is -2.22. The van der Waals surface area contributed by atoms with E-state index in [1.165, 1.54) is 16.8 Å². The SMILES string of the molecule is O=c1ccn(CC2CCCCO2)c(=O)[nH]1. The van der Waals surface area contributed by atoms with Crippen LogP contribution in [0.3, 0.4) is 0 Å². The van der Waals surface area contributed by atoms with E-state index in [4.69, 9.17) is 4.74 Å². The average Bonchev–Trinajstić information content (AvgIpc) is 2.24. The highest BCUT2D eigenvalue weighted by Crippen LogP contribution is 2.13. The van der Waals surface area contributed by atoms with E-state index >= 15 is 0 Å². The van der Waals surface area contributed by atoms with Gasteiger partial charge in [-0.25, -0.2) is 4.79 Å². The normalized spacial score (nSPS) is 21.5. The zero-order chi connectivity index (χ0) is 10.7. The highest BCUT2D eigenvalue weighted by atomic mass is 16.5. The van der Waals surface area contributed by atoms with Crippen molar-refractivity contribution in [1.29, 1.82) is 0 Å². The Morgan fingerprint density at radius 3 is 3.00 bits per heavy atom. The van der Waals surface area contributed by atoms with Crippen LogP contribution in [0.1, 0.15) is 19.3 Å². The van der Waals surface area contributed by atoms with Crippen LogP contribution >= 0.6 is 0 Å².